The van der Waals surface area contributed by atoms with E-state index in [9.17, 15) is 0 Å². The molecule has 0 aromatic heterocycles. The zero-order valence-corrected chi connectivity index (χ0v) is 20.8. The maximum absolute atomic E-state index is 5.71. The van der Waals surface area contributed by atoms with Crippen LogP contribution in [0.4, 0.5) is 0 Å². The molecule has 2 fully saturated rings. The number of likely N-dealkylation sites (tertiary alicyclic amines) is 2. The Morgan fingerprint density at radius 1 is 1.14 bits per heavy atom. The Kier molecular flexibility index (Phi) is 13.7. The van der Waals surface area contributed by atoms with Crippen LogP contribution in [0.1, 0.15) is 40.0 Å². The molecule has 0 aromatic rings. The van der Waals surface area contributed by atoms with Crippen molar-refractivity contribution in [3.63, 3.8) is 0 Å². The molecule has 0 bridgehead atoms. The van der Waals surface area contributed by atoms with Gasteiger partial charge in [0.25, 0.3) is 0 Å². The van der Waals surface area contributed by atoms with Crippen molar-refractivity contribution in [1.82, 2.24) is 15.1 Å². The first-order valence-corrected chi connectivity index (χ1v) is 10.9. The Labute approximate surface area is 189 Å². The van der Waals surface area contributed by atoms with Crippen LogP contribution in [0, 0.1) is 17.8 Å². The smallest absolute Gasteiger partial charge is 0.193 e. The molecule has 2 rings (SSSR count). The summed E-state index contributed by atoms with van der Waals surface area (Å²) >= 11 is 0. The number of hydrogen-bond donors (Lipinski definition) is 1. The van der Waals surface area contributed by atoms with Gasteiger partial charge in [-0.1, -0.05) is 13.8 Å². The van der Waals surface area contributed by atoms with Crippen LogP contribution in [0.2, 0.25) is 0 Å². The van der Waals surface area contributed by atoms with Crippen LogP contribution in [0.5, 0.6) is 0 Å². The Hall–Kier alpha value is -0.120. The van der Waals surface area contributed by atoms with Crippen molar-refractivity contribution in [3.05, 3.63) is 0 Å². The van der Waals surface area contributed by atoms with Gasteiger partial charge in [-0.05, 0) is 44.6 Å². The number of piperidine rings is 1. The maximum Gasteiger partial charge on any atom is 0.193 e. The van der Waals surface area contributed by atoms with Gasteiger partial charge in [0.05, 0.1) is 19.8 Å². The summed E-state index contributed by atoms with van der Waals surface area (Å²) in [5, 5.41) is 3.48. The molecular weight excluding hydrogens is 467 g/mol. The standard InChI is InChI=1S/C21H42N4O2.HI/c1-5-22-21(25-10-7-20(16-25)17-27-12-11-26-4)23-8-6-9-24-14-18(2)13-19(3)15-24;/h18-20H,5-17H2,1-4H3,(H,22,23);1H. The fourth-order valence-corrected chi connectivity index (χ4v) is 4.43. The third kappa shape index (κ3) is 9.59. The number of ether oxygens (including phenoxy) is 2. The molecule has 0 radical (unpaired) electrons. The minimum atomic E-state index is 0. The second kappa shape index (κ2) is 14.8. The lowest BCUT2D eigenvalue weighted by atomic mass is 9.92. The molecule has 6 nitrogen and oxygen atoms in total. The molecule has 1 N–H and O–H groups in total. The molecule has 0 saturated carbocycles. The van der Waals surface area contributed by atoms with E-state index in [-0.39, 0.29) is 24.0 Å². The fourth-order valence-electron chi connectivity index (χ4n) is 4.43. The van der Waals surface area contributed by atoms with Crippen LogP contribution in [0.15, 0.2) is 4.99 Å². The lowest BCUT2D eigenvalue weighted by Gasteiger charge is -2.34. The summed E-state index contributed by atoms with van der Waals surface area (Å²) in [5.41, 5.74) is 0. The van der Waals surface area contributed by atoms with Crippen molar-refractivity contribution in [2.75, 3.05) is 72.7 Å². The number of hydrogen-bond acceptors (Lipinski definition) is 4. The van der Waals surface area contributed by atoms with Crippen molar-refractivity contribution in [2.45, 2.75) is 40.0 Å². The van der Waals surface area contributed by atoms with E-state index in [0.717, 1.165) is 57.0 Å². The van der Waals surface area contributed by atoms with Crippen molar-refractivity contribution in [2.24, 2.45) is 22.7 Å². The van der Waals surface area contributed by atoms with Gasteiger partial charge < -0.3 is 24.6 Å². The number of aliphatic imine (C=N–C) groups is 1. The third-order valence-corrected chi connectivity index (χ3v) is 5.54. The summed E-state index contributed by atoms with van der Waals surface area (Å²) in [6.07, 6.45) is 3.71. The van der Waals surface area contributed by atoms with E-state index < -0.39 is 0 Å². The normalized spacial score (nSPS) is 26.4. The minimum absolute atomic E-state index is 0. The summed E-state index contributed by atoms with van der Waals surface area (Å²) in [4.78, 5) is 9.94. The summed E-state index contributed by atoms with van der Waals surface area (Å²) < 4.78 is 10.8. The largest absolute Gasteiger partial charge is 0.382 e. The molecule has 28 heavy (non-hydrogen) atoms. The molecule has 3 unspecified atom stereocenters. The summed E-state index contributed by atoms with van der Waals surface area (Å²) in [6.45, 7) is 16.7. The molecule has 3 atom stereocenters. The number of guanidine groups is 1. The monoisotopic (exact) mass is 510 g/mol. The van der Waals surface area contributed by atoms with Crippen molar-refractivity contribution in [3.8, 4) is 0 Å². The zero-order chi connectivity index (χ0) is 19.5. The number of rotatable bonds is 10. The first kappa shape index (κ1) is 25.9. The number of halogens is 1. The Morgan fingerprint density at radius 2 is 1.89 bits per heavy atom. The molecule has 0 amide bonds. The van der Waals surface area contributed by atoms with Crippen LogP contribution in [0.3, 0.4) is 0 Å². The molecular formula is C21H43IN4O2. The van der Waals surface area contributed by atoms with Gasteiger partial charge in [0.15, 0.2) is 5.96 Å². The van der Waals surface area contributed by atoms with Crippen LogP contribution in [-0.2, 0) is 9.47 Å². The highest BCUT2D eigenvalue weighted by Gasteiger charge is 2.25. The highest BCUT2D eigenvalue weighted by molar-refractivity contribution is 14.0. The van der Waals surface area contributed by atoms with E-state index in [2.05, 4.69) is 35.9 Å². The molecule has 2 aliphatic rings. The van der Waals surface area contributed by atoms with Crippen molar-refractivity contribution in [1.29, 1.82) is 0 Å². The Bertz CT molecular complexity index is 429. The second-order valence-electron chi connectivity index (χ2n) is 8.46. The average Bonchev–Trinajstić information content (AvgIpc) is 3.09. The van der Waals surface area contributed by atoms with Crippen LogP contribution in [0.25, 0.3) is 0 Å². The first-order chi connectivity index (χ1) is 13.1. The van der Waals surface area contributed by atoms with Gasteiger partial charge in [-0.25, -0.2) is 0 Å². The lowest BCUT2D eigenvalue weighted by Crippen LogP contribution is -2.41. The highest BCUT2D eigenvalue weighted by Crippen LogP contribution is 2.21. The van der Waals surface area contributed by atoms with Gasteiger partial charge in [0, 0.05) is 52.3 Å². The Morgan fingerprint density at radius 3 is 2.57 bits per heavy atom. The van der Waals surface area contributed by atoms with E-state index in [1.165, 1.54) is 32.5 Å². The third-order valence-electron chi connectivity index (χ3n) is 5.54. The molecule has 2 saturated heterocycles. The van der Waals surface area contributed by atoms with E-state index in [0.29, 0.717) is 19.1 Å². The zero-order valence-electron chi connectivity index (χ0n) is 18.5. The SMILES string of the molecule is CCNC(=NCCCN1CC(C)CC(C)C1)N1CCC(COCCOC)C1.I. The van der Waals surface area contributed by atoms with E-state index in [4.69, 9.17) is 14.5 Å². The summed E-state index contributed by atoms with van der Waals surface area (Å²) in [5.74, 6) is 3.35. The van der Waals surface area contributed by atoms with Gasteiger partial charge >= 0.3 is 0 Å². The Balaban J connectivity index is 0.00000392. The van der Waals surface area contributed by atoms with Gasteiger partial charge in [-0.3, -0.25) is 4.99 Å². The summed E-state index contributed by atoms with van der Waals surface area (Å²) in [7, 11) is 1.71. The van der Waals surface area contributed by atoms with E-state index >= 15 is 0 Å². The minimum Gasteiger partial charge on any atom is -0.382 e. The van der Waals surface area contributed by atoms with Crippen LogP contribution in [-0.4, -0.2) is 88.5 Å². The van der Waals surface area contributed by atoms with Gasteiger partial charge in [0.1, 0.15) is 0 Å². The van der Waals surface area contributed by atoms with Gasteiger partial charge in [-0.2, -0.15) is 0 Å². The molecule has 0 spiro atoms. The number of methoxy groups -OCH3 is 1. The molecule has 0 aliphatic carbocycles. The topological polar surface area (TPSA) is 49.3 Å². The number of nitrogens with one attached hydrogen (secondary N) is 1. The van der Waals surface area contributed by atoms with E-state index in [1.54, 1.807) is 7.11 Å². The molecule has 7 heteroatoms. The number of nitrogens with zero attached hydrogens (tertiary/aromatic N) is 3. The van der Waals surface area contributed by atoms with Crippen molar-refractivity contribution < 1.29 is 9.47 Å². The molecule has 2 aliphatic heterocycles. The maximum atomic E-state index is 5.71. The average molecular weight is 511 g/mol. The summed E-state index contributed by atoms with van der Waals surface area (Å²) in [6, 6.07) is 0. The molecule has 166 valence electrons. The highest BCUT2D eigenvalue weighted by atomic mass is 127. The predicted molar refractivity (Wildman–Crippen MR) is 128 cm³/mol. The lowest BCUT2D eigenvalue weighted by molar-refractivity contribution is 0.0536. The predicted octanol–water partition coefficient (Wildman–Crippen LogP) is 2.92. The first-order valence-electron chi connectivity index (χ1n) is 10.9. The quantitative estimate of drug-likeness (QED) is 0.212. The van der Waals surface area contributed by atoms with Gasteiger partial charge in [0.2, 0.25) is 0 Å². The second-order valence-corrected chi connectivity index (χ2v) is 8.46. The van der Waals surface area contributed by atoms with Crippen LogP contribution < -0.4 is 5.32 Å². The van der Waals surface area contributed by atoms with Gasteiger partial charge in [-0.15, -0.1) is 24.0 Å². The van der Waals surface area contributed by atoms with Crippen LogP contribution >= 0.6 is 24.0 Å². The molecule has 0 aromatic carbocycles. The molecule has 2 heterocycles. The van der Waals surface area contributed by atoms with Crippen molar-refractivity contribution >= 4 is 29.9 Å². The fraction of sp³-hybridized carbons (Fsp3) is 0.952. The van der Waals surface area contributed by atoms with E-state index in [1.807, 2.05) is 0 Å².